The van der Waals surface area contributed by atoms with Gasteiger partial charge in [-0.05, 0) is 76.7 Å². The second kappa shape index (κ2) is 53.0. The summed E-state index contributed by atoms with van der Waals surface area (Å²) < 4.78 is 5.82. The maximum atomic E-state index is 13.2. The summed E-state index contributed by atoms with van der Waals surface area (Å²) in [6, 6.07) is -0.758. The molecule has 0 aromatic rings. The molecular formula is C61H99NO5. The van der Waals surface area contributed by atoms with Gasteiger partial charge in [0.2, 0.25) is 5.91 Å². The van der Waals surface area contributed by atoms with Crippen molar-refractivity contribution in [2.45, 2.75) is 232 Å². The molecule has 378 valence electrons. The monoisotopic (exact) mass is 926 g/mol. The van der Waals surface area contributed by atoms with Crippen LogP contribution in [0.5, 0.6) is 0 Å². The highest BCUT2D eigenvalue weighted by molar-refractivity contribution is 5.78. The van der Waals surface area contributed by atoms with E-state index in [2.05, 4.69) is 123 Å². The first-order chi connectivity index (χ1) is 33.0. The highest BCUT2D eigenvalue weighted by Crippen LogP contribution is 2.15. The Labute approximate surface area is 412 Å². The predicted molar refractivity (Wildman–Crippen MR) is 291 cm³/mol. The summed E-state index contributed by atoms with van der Waals surface area (Å²) in [4.78, 5) is 26.2. The Kier molecular flexibility index (Phi) is 49.8. The van der Waals surface area contributed by atoms with Crippen LogP contribution in [0, 0.1) is 0 Å². The van der Waals surface area contributed by atoms with E-state index in [0.29, 0.717) is 19.3 Å². The van der Waals surface area contributed by atoms with E-state index in [1.807, 2.05) is 30.4 Å². The first-order valence-electron chi connectivity index (χ1n) is 27.0. The fourth-order valence-corrected chi connectivity index (χ4v) is 7.28. The molecule has 6 heteroatoms. The summed E-state index contributed by atoms with van der Waals surface area (Å²) in [5.41, 5.74) is 0. The molecular weight excluding hydrogens is 827 g/mol. The quantitative estimate of drug-likeness (QED) is 0.0245. The smallest absolute Gasteiger partial charge is 0.306 e. The van der Waals surface area contributed by atoms with Gasteiger partial charge in [0.1, 0.15) is 6.10 Å². The van der Waals surface area contributed by atoms with Crippen molar-refractivity contribution in [2.75, 3.05) is 6.61 Å². The molecule has 0 heterocycles. The molecule has 0 bridgehead atoms. The van der Waals surface area contributed by atoms with Crippen LogP contribution in [-0.4, -0.2) is 46.9 Å². The fourth-order valence-electron chi connectivity index (χ4n) is 7.28. The van der Waals surface area contributed by atoms with Gasteiger partial charge in [-0.3, -0.25) is 9.59 Å². The van der Waals surface area contributed by atoms with Crippen LogP contribution >= 0.6 is 0 Å². The largest absolute Gasteiger partial charge is 0.458 e. The number of allylic oxidation sites excluding steroid dienone is 21. The SMILES string of the molecule is CC/C=C\C/C=C\C/C=C\C/C=C\C/C=C\C/C=C\C(CC(=O)NC(CO)C(O)CCCCCCCCCCCCCCC)OC(=O)CCCCCCC/C=C/C=C/C=C/C=C/C=C/CCC. The number of ether oxygens (including phenoxy) is 1. The summed E-state index contributed by atoms with van der Waals surface area (Å²) in [6.07, 6.45) is 75.3. The Hall–Kier alpha value is -4.00. The molecule has 0 aliphatic carbocycles. The summed E-state index contributed by atoms with van der Waals surface area (Å²) in [7, 11) is 0. The fraction of sp³-hybridized carbons (Fsp3) is 0.607. The van der Waals surface area contributed by atoms with Crippen LogP contribution in [0.4, 0.5) is 0 Å². The molecule has 0 saturated heterocycles. The number of esters is 1. The van der Waals surface area contributed by atoms with E-state index in [4.69, 9.17) is 4.74 Å². The summed E-state index contributed by atoms with van der Waals surface area (Å²) >= 11 is 0. The van der Waals surface area contributed by atoms with Gasteiger partial charge in [-0.15, -0.1) is 0 Å². The molecule has 0 fully saturated rings. The van der Waals surface area contributed by atoms with Crippen LogP contribution in [0.2, 0.25) is 0 Å². The normalized spacial score (nSPS) is 14.3. The third-order valence-electron chi connectivity index (χ3n) is 11.3. The number of hydrogen-bond acceptors (Lipinski definition) is 5. The molecule has 0 radical (unpaired) electrons. The zero-order valence-corrected chi connectivity index (χ0v) is 43.0. The average Bonchev–Trinajstić information content (AvgIpc) is 3.32. The van der Waals surface area contributed by atoms with E-state index < -0.39 is 18.2 Å². The van der Waals surface area contributed by atoms with Crippen molar-refractivity contribution in [3.63, 3.8) is 0 Å². The maximum absolute atomic E-state index is 13.2. The van der Waals surface area contributed by atoms with Crippen LogP contribution in [0.3, 0.4) is 0 Å². The van der Waals surface area contributed by atoms with Crippen LogP contribution in [0.25, 0.3) is 0 Å². The number of unbranched alkanes of at least 4 members (excludes halogenated alkanes) is 18. The molecule has 0 rings (SSSR count). The zero-order valence-electron chi connectivity index (χ0n) is 43.0. The number of nitrogens with one attached hydrogen (secondary N) is 1. The number of carbonyl (C=O) groups is 2. The molecule has 3 N–H and O–H groups in total. The molecule has 0 aliphatic rings. The Bertz CT molecular complexity index is 1460. The first-order valence-corrected chi connectivity index (χ1v) is 27.0. The molecule has 0 saturated carbocycles. The highest BCUT2D eigenvalue weighted by Gasteiger charge is 2.23. The lowest BCUT2D eigenvalue weighted by Gasteiger charge is -2.23. The zero-order chi connectivity index (χ0) is 48.8. The maximum Gasteiger partial charge on any atom is 0.306 e. The second-order valence-electron chi connectivity index (χ2n) is 17.7. The first kappa shape index (κ1) is 63.0. The van der Waals surface area contributed by atoms with Gasteiger partial charge in [0.15, 0.2) is 0 Å². The van der Waals surface area contributed by atoms with Gasteiger partial charge in [0.25, 0.3) is 0 Å². The van der Waals surface area contributed by atoms with Crippen molar-refractivity contribution in [2.24, 2.45) is 0 Å². The Morgan fingerprint density at radius 2 is 0.910 bits per heavy atom. The summed E-state index contributed by atoms with van der Waals surface area (Å²) in [5, 5.41) is 23.7. The topological polar surface area (TPSA) is 95.9 Å². The molecule has 0 aliphatic heterocycles. The van der Waals surface area contributed by atoms with Crippen molar-refractivity contribution in [1.29, 1.82) is 0 Å². The molecule has 3 atom stereocenters. The third kappa shape index (κ3) is 48.3. The lowest BCUT2D eigenvalue weighted by atomic mass is 10.0. The van der Waals surface area contributed by atoms with Crippen LogP contribution < -0.4 is 5.32 Å². The van der Waals surface area contributed by atoms with Crippen molar-refractivity contribution in [3.8, 4) is 0 Å². The van der Waals surface area contributed by atoms with E-state index in [0.717, 1.165) is 96.3 Å². The van der Waals surface area contributed by atoms with Crippen LogP contribution in [-0.2, 0) is 14.3 Å². The van der Waals surface area contributed by atoms with Crippen molar-refractivity contribution in [1.82, 2.24) is 5.32 Å². The van der Waals surface area contributed by atoms with Gasteiger partial charge in [0.05, 0.1) is 25.2 Å². The standard InChI is InChI=1S/C61H99NO5/c1-4-7-10-13-16-19-22-25-27-29-31-33-36-39-42-45-48-51-54-61(66)67-57(52-49-46-43-40-37-35-32-30-28-26-23-20-17-14-11-8-5-2)55-60(65)62-58(56-63)59(64)53-50-47-44-41-38-34-24-21-18-15-12-9-6-3/h8,10-11,13,16-17,19-20,22,25-29,31-33,35,40,43,49,52,57-59,63-64H,4-7,9,12,14-15,18,21,23-24,30,34,36-39,41-42,44-48,50-51,53-56H2,1-3H3,(H,62,65)/b11-8-,13-10+,19-16+,20-17-,25-22+,28-26-,29-27+,33-31+,35-32-,43-40-,52-49-. The van der Waals surface area contributed by atoms with E-state index in [9.17, 15) is 19.8 Å². The number of aliphatic hydroxyl groups is 2. The Balaban J connectivity index is 4.85. The van der Waals surface area contributed by atoms with E-state index in [1.54, 1.807) is 6.08 Å². The number of hydrogen-bond donors (Lipinski definition) is 3. The molecule has 0 aromatic heterocycles. The predicted octanol–water partition coefficient (Wildman–Crippen LogP) is 16.6. The molecule has 3 unspecified atom stereocenters. The lowest BCUT2D eigenvalue weighted by molar-refractivity contribution is -0.148. The molecule has 6 nitrogen and oxygen atoms in total. The van der Waals surface area contributed by atoms with E-state index >= 15 is 0 Å². The van der Waals surface area contributed by atoms with Crippen LogP contribution in [0.15, 0.2) is 134 Å². The van der Waals surface area contributed by atoms with Gasteiger partial charge in [-0.2, -0.15) is 0 Å². The third-order valence-corrected chi connectivity index (χ3v) is 11.3. The number of amides is 1. The van der Waals surface area contributed by atoms with Gasteiger partial charge >= 0.3 is 5.97 Å². The number of rotatable bonds is 46. The number of aliphatic hydroxyl groups excluding tert-OH is 2. The second-order valence-corrected chi connectivity index (χ2v) is 17.7. The summed E-state index contributed by atoms with van der Waals surface area (Å²) in [5.74, 6) is -0.671. The average molecular weight is 926 g/mol. The van der Waals surface area contributed by atoms with Crippen molar-refractivity contribution < 1.29 is 24.5 Å². The van der Waals surface area contributed by atoms with Gasteiger partial charge in [-0.25, -0.2) is 0 Å². The molecule has 0 aromatic carbocycles. The minimum Gasteiger partial charge on any atom is -0.458 e. The molecule has 1 amide bonds. The Morgan fingerprint density at radius 3 is 1.40 bits per heavy atom. The van der Waals surface area contributed by atoms with Gasteiger partial charge in [-0.1, -0.05) is 258 Å². The molecule has 0 spiro atoms. The van der Waals surface area contributed by atoms with Gasteiger partial charge < -0.3 is 20.3 Å². The highest BCUT2D eigenvalue weighted by atomic mass is 16.5. The minimum atomic E-state index is -0.834. The van der Waals surface area contributed by atoms with Crippen molar-refractivity contribution in [3.05, 3.63) is 134 Å². The Morgan fingerprint density at radius 1 is 0.478 bits per heavy atom. The number of carbonyl (C=O) groups excluding carboxylic acids is 2. The van der Waals surface area contributed by atoms with Gasteiger partial charge in [0, 0.05) is 6.42 Å². The van der Waals surface area contributed by atoms with Crippen LogP contribution in [0.1, 0.15) is 213 Å². The van der Waals surface area contributed by atoms with E-state index in [-0.39, 0.29) is 24.9 Å². The lowest BCUT2D eigenvalue weighted by Crippen LogP contribution is -2.46. The minimum absolute atomic E-state index is 0.0668. The van der Waals surface area contributed by atoms with E-state index in [1.165, 1.54) is 70.6 Å². The van der Waals surface area contributed by atoms with Crippen molar-refractivity contribution >= 4 is 11.9 Å². The summed E-state index contributed by atoms with van der Waals surface area (Å²) in [6.45, 7) is 6.23. The molecule has 67 heavy (non-hydrogen) atoms.